The van der Waals surface area contributed by atoms with Crippen molar-refractivity contribution in [3.8, 4) is 0 Å². The third kappa shape index (κ3) is 1.00. The Bertz CT molecular complexity index is 294. The molecular formula is C9H9NO. The monoisotopic (exact) mass is 147 g/mol. The van der Waals surface area contributed by atoms with Gasteiger partial charge in [0.15, 0.2) is 0 Å². The highest BCUT2D eigenvalue weighted by molar-refractivity contribution is 5.77. The van der Waals surface area contributed by atoms with Crippen LogP contribution in [0.1, 0.15) is 15.9 Å². The number of aldehydes is 1. The van der Waals surface area contributed by atoms with Crippen molar-refractivity contribution >= 4 is 12.0 Å². The number of carbonyl (C=O) groups excluding carboxylic acids is 1. The molecule has 0 radical (unpaired) electrons. The van der Waals surface area contributed by atoms with Crippen LogP contribution in [0, 0.1) is 0 Å². The van der Waals surface area contributed by atoms with E-state index in [4.69, 9.17) is 0 Å². The third-order valence-corrected chi connectivity index (χ3v) is 1.98. The zero-order chi connectivity index (χ0) is 7.68. The standard InChI is InChI=1S/C9H9NO/c11-6-7-1-2-9-8(5-7)3-4-10-9/h1-2,5-6,10H,3-4H2. The fourth-order valence-electron chi connectivity index (χ4n) is 1.40. The van der Waals surface area contributed by atoms with Gasteiger partial charge in [-0.25, -0.2) is 0 Å². The molecule has 1 N–H and O–H groups in total. The van der Waals surface area contributed by atoms with Crippen LogP contribution >= 0.6 is 0 Å². The van der Waals surface area contributed by atoms with Crippen LogP contribution in [0.4, 0.5) is 5.69 Å². The molecule has 1 aliphatic heterocycles. The van der Waals surface area contributed by atoms with Gasteiger partial charge in [-0.3, -0.25) is 4.79 Å². The lowest BCUT2D eigenvalue weighted by molar-refractivity contribution is 0.112. The van der Waals surface area contributed by atoms with Gasteiger partial charge in [-0.15, -0.1) is 0 Å². The molecule has 2 nitrogen and oxygen atoms in total. The van der Waals surface area contributed by atoms with Crippen LogP contribution < -0.4 is 5.32 Å². The lowest BCUT2D eigenvalue weighted by Gasteiger charge is -1.97. The summed E-state index contributed by atoms with van der Waals surface area (Å²) in [6.07, 6.45) is 1.93. The molecule has 0 spiro atoms. The van der Waals surface area contributed by atoms with Crippen LogP contribution in [0.2, 0.25) is 0 Å². The van der Waals surface area contributed by atoms with Gasteiger partial charge in [0.25, 0.3) is 0 Å². The fourth-order valence-corrected chi connectivity index (χ4v) is 1.40. The first-order chi connectivity index (χ1) is 5.40. The van der Waals surface area contributed by atoms with Crippen molar-refractivity contribution in [3.05, 3.63) is 29.3 Å². The first-order valence-corrected chi connectivity index (χ1v) is 3.72. The number of fused-ring (bicyclic) bond motifs is 1. The average Bonchev–Trinajstić information content (AvgIpc) is 2.50. The number of hydrogen-bond acceptors (Lipinski definition) is 2. The van der Waals surface area contributed by atoms with Crippen molar-refractivity contribution in [1.29, 1.82) is 0 Å². The Morgan fingerprint density at radius 1 is 1.45 bits per heavy atom. The van der Waals surface area contributed by atoms with Crippen molar-refractivity contribution in [2.75, 3.05) is 11.9 Å². The largest absolute Gasteiger partial charge is 0.384 e. The average molecular weight is 147 g/mol. The molecule has 0 atom stereocenters. The Morgan fingerprint density at radius 2 is 2.36 bits per heavy atom. The molecule has 0 unspecified atom stereocenters. The number of carbonyl (C=O) groups is 1. The van der Waals surface area contributed by atoms with E-state index in [1.807, 2.05) is 18.2 Å². The molecule has 0 saturated carbocycles. The van der Waals surface area contributed by atoms with Crippen molar-refractivity contribution < 1.29 is 4.79 Å². The molecule has 2 rings (SSSR count). The lowest BCUT2D eigenvalue weighted by atomic mass is 10.1. The summed E-state index contributed by atoms with van der Waals surface area (Å²) in [5.74, 6) is 0. The van der Waals surface area contributed by atoms with Crippen LogP contribution in [-0.2, 0) is 6.42 Å². The molecule has 56 valence electrons. The van der Waals surface area contributed by atoms with Crippen LogP contribution in [0.3, 0.4) is 0 Å². The van der Waals surface area contributed by atoms with E-state index in [9.17, 15) is 4.79 Å². The van der Waals surface area contributed by atoms with E-state index in [2.05, 4.69) is 5.32 Å². The number of benzene rings is 1. The zero-order valence-electron chi connectivity index (χ0n) is 6.13. The number of rotatable bonds is 1. The van der Waals surface area contributed by atoms with E-state index in [0.717, 1.165) is 24.8 Å². The molecule has 1 heterocycles. The van der Waals surface area contributed by atoms with E-state index in [-0.39, 0.29) is 0 Å². The van der Waals surface area contributed by atoms with Gasteiger partial charge in [-0.1, -0.05) is 0 Å². The van der Waals surface area contributed by atoms with Gasteiger partial charge in [0.1, 0.15) is 6.29 Å². The van der Waals surface area contributed by atoms with E-state index >= 15 is 0 Å². The molecule has 1 aromatic rings. The lowest BCUT2D eigenvalue weighted by Crippen LogP contribution is -1.90. The molecule has 0 fully saturated rings. The summed E-state index contributed by atoms with van der Waals surface area (Å²) in [7, 11) is 0. The normalized spacial score (nSPS) is 13.8. The molecule has 0 aromatic heterocycles. The maximum absolute atomic E-state index is 10.4. The Hall–Kier alpha value is -1.31. The zero-order valence-corrected chi connectivity index (χ0v) is 6.13. The van der Waals surface area contributed by atoms with Gasteiger partial charge >= 0.3 is 0 Å². The molecular weight excluding hydrogens is 138 g/mol. The Balaban J connectivity index is 2.48. The molecule has 1 aromatic carbocycles. The highest BCUT2D eigenvalue weighted by Crippen LogP contribution is 2.21. The molecule has 2 heteroatoms. The Labute approximate surface area is 65.2 Å². The second-order valence-corrected chi connectivity index (χ2v) is 2.71. The second-order valence-electron chi connectivity index (χ2n) is 2.71. The topological polar surface area (TPSA) is 29.1 Å². The summed E-state index contributed by atoms with van der Waals surface area (Å²) in [6, 6.07) is 5.75. The number of anilines is 1. The van der Waals surface area contributed by atoms with Crippen molar-refractivity contribution in [2.24, 2.45) is 0 Å². The molecule has 1 aliphatic rings. The van der Waals surface area contributed by atoms with Gasteiger partial charge in [0.2, 0.25) is 0 Å². The maximum atomic E-state index is 10.4. The SMILES string of the molecule is O=Cc1ccc2c(c1)CCN2. The van der Waals surface area contributed by atoms with E-state index < -0.39 is 0 Å². The summed E-state index contributed by atoms with van der Waals surface area (Å²) < 4.78 is 0. The minimum Gasteiger partial charge on any atom is -0.384 e. The van der Waals surface area contributed by atoms with Crippen LogP contribution in [-0.4, -0.2) is 12.8 Å². The third-order valence-electron chi connectivity index (χ3n) is 1.98. The van der Waals surface area contributed by atoms with Crippen molar-refractivity contribution in [2.45, 2.75) is 6.42 Å². The first kappa shape index (κ1) is 6.40. The van der Waals surface area contributed by atoms with Crippen molar-refractivity contribution in [1.82, 2.24) is 0 Å². The Morgan fingerprint density at radius 3 is 3.18 bits per heavy atom. The minimum atomic E-state index is 0.771. The summed E-state index contributed by atoms with van der Waals surface area (Å²) in [4.78, 5) is 10.4. The molecule has 0 saturated heterocycles. The molecule has 0 bridgehead atoms. The highest BCUT2D eigenvalue weighted by Gasteiger charge is 2.08. The second kappa shape index (κ2) is 2.38. The van der Waals surface area contributed by atoms with E-state index in [1.54, 1.807) is 0 Å². The summed E-state index contributed by atoms with van der Waals surface area (Å²) in [6.45, 7) is 0.998. The summed E-state index contributed by atoms with van der Waals surface area (Å²) in [5.41, 5.74) is 3.21. The summed E-state index contributed by atoms with van der Waals surface area (Å²) in [5, 5.41) is 3.24. The molecule has 11 heavy (non-hydrogen) atoms. The Kier molecular flexibility index (Phi) is 1.39. The van der Waals surface area contributed by atoms with Gasteiger partial charge in [0.05, 0.1) is 0 Å². The molecule has 0 aliphatic carbocycles. The minimum absolute atomic E-state index is 0.771. The smallest absolute Gasteiger partial charge is 0.150 e. The predicted octanol–water partition coefficient (Wildman–Crippen LogP) is 1.47. The van der Waals surface area contributed by atoms with Crippen LogP contribution in [0.5, 0.6) is 0 Å². The first-order valence-electron chi connectivity index (χ1n) is 3.72. The maximum Gasteiger partial charge on any atom is 0.150 e. The quantitative estimate of drug-likeness (QED) is 0.609. The predicted molar refractivity (Wildman–Crippen MR) is 44.0 cm³/mol. The van der Waals surface area contributed by atoms with Gasteiger partial charge in [0, 0.05) is 17.8 Å². The highest BCUT2D eigenvalue weighted by atomic mass is 16.1. The van der Waals surface area contributed by atoms with Crippen LogP contribution in [0.25, 0.3) is 0 Å². The van der Waals surface area contributed by atoms with Crippen molar-refractivity contribution in [3.63, 3.8) is 0 Å². The summed E-state index contributed by atoms with van der Waals surface area (Å²) >= 11 is 0. The van der Waals surface area contributed by atoms with Crippen LogP contribution in [0.15, 0.2) is 18.2 Å². The number of nitrogens with one attached hydrogen (secondary N) is 1. The van der Waals surface area contributed by atoms with Gasteiger partial charge in [-0.2, -0.15) is 0 Å². The number of hydrogen-bond donors (Lipinski definition) is 1. The van der Waals surface area contributed by atoms with E-state index in [0.29, 0.717) is 0 Å². The van der Waals surface area contributed by atoms with Gasteiger partial charge < -0.3 is 5.32 Å². The van der Waals surface area contributed by atoms with Gasteiger partial charge in [-0.05, 0) is 30.2 Å². The fraction of sp³-hybridized carbons (Fsp3) is 0.222. The molecule has 0 amide bonds. The van der Waals surface area contributed by atoms with E-state index in [1.165, 1.54) is 11.3 Å².